The van der Waals surface area contributed by atoms with Crippen molar-refractivity contribution in [2.24, 2.45) is 0 Å². The molecule has 2 rings (SSSR count). The first-order chi connectivity index (χ1) is 7.25. The summed E-state index contributed by atoms with van der Waals surface area (Å²) >= 11 is 5.73. The highest BCUT2D eigenvalue weighted by Gasteiger charge is 2.19. The minimum atomic E-state index is 0.0265. The Morgan fingerprint density at radius 1 is 1.33 bits per heavy atom. The molecule has 0 heterocycles. The van der Waals surface area contributed by atoms with Crippen LogP contribution in [0.2, 0.25) is 5.02 Å². The molecule has 0 saturated heterocycles. The number of Topliss-reactive ketones (excluding diaryl/α,β-unsaturated/α-hetero) is 1. The summed E-state index contributed by atoms with van der Waals surface area (Å²) in [5.41, 5.74) is 0.665. The minimum absolute atomic E-state index is 0.0265. The van der Waals surface area contributed by atoms with Gasteiger partial charge in [0.1, 0.15) is 6.61 Å². The van der Waals surface area contributed by atoms with E-state index in [1.807, 2.05) is 0 Å². The quantitative estimate of drug-likeness (QED) is 0.735. The average molecular weight is 225 g/mol. The fourth-order valence-corrected chi connectivity index (χ4v) is 1.58. The molecular formula is C12H13ClO2. The zero-order valence-electron chi connectivity index (χ0n) is 8.41. The van der Waals surface area contributed by atoms with Crippen molar-refractivity contribution in [3.8, 4) is 0 Å². The van der Waals surface area contributed by atoms with Gasteiger partial charge in [0.05, 0.1) is 6.10 Å². The predicted octanol–water partition coefficient (Wildman–Crippen LogP) is 3.09. The summed E-state index contributed by atoms with van der Waals surface area (Å²) in [5, 5.41) is 0.645. The van der Waals surface area contributed by atoms with Gasteiger partial charge in [-0.25, -0.2) is 0 Å². The molecule has 1 aromatic rings. The van der Waals surface area contributed by atoms with Gasteiger partial charge < -0.3 is 4.74 Å². The number of carbonyl (C=O) groups excluding carboxylic acids is 1. The van der Waals surface area contributed by atoms with Gasteiger partial charge >= 0.3 is 0 Å². The second kappa shape index (κ2) is 4.77. The normalized spacial score (nSPS) is 16.1. The lowest BCUT2D eigenvalue weighted by Gasteiger charge is -2.25. The highest BCUT2D eigenvalue weighted by Crippen LogP contribution is 2.22. The van der Waals surface area contributed by atoms with E-state index in [9.17, 15) is 4.79 Å². The second-order valence-electron chi connectivity index (χ2n) is 3.79. The second-order valence-corrected chi connectivity index (χ2v) is 4.23. The summed E-state index contributed by atoms with van der Waals surface area (Å²) in [6.45, 7) is 0.187. The molecule has 0 spiro atoms. The predicted molar refractivity (Wildman–Crippen MR) is 59.4 cm³/mol. The van der Waals surface area contributed by atoms with E-state index in [2.05, 4.69) is 0 Å². The van der Waals surface area contributed by atoms with Gasteiger partial charge in [0, 0.05) is 10.6 Å². The summed E-state index contributed by atoms with van der Waals surface area (Å²) in [6.07, 6.45) is 3.71. The van der Waals surface area contributed by atoms with Crippen LogP contribution in [0, 0.1) is 0 Å². The number of rotatable bonds is 4. The SMILES string of the molecule is O=C(COC1CCC1)c1ccc(Cl)cc1. The zero-order chi connectivity index (χ0) is 10.7. The molecule has 0 unspecified atom stereocenters. The molecule has 0 amide bonds. The zero-order valence-corrected chi connectivity index (χ0v) is 9.17. The maximum absolute atomic E-state index is 11.6. The highest BCUT2D eigenvalue weighted by atomic mass is 35.5. The van der Waals surface area contributed by atoms with E-state index in [0.29, 0.717) is 16.7 Å². The Kier molecular flexibility index (Phi) is 3.39. The topological polar surface area (TPSA) is 26.3 Å². The first kappa shape index (κ1) is 10.7. The molecule has 1 aliphatic rings. The standard InChI is InChI=1S/C12H13ClO2/c13-10-6-4-9(5-7-10)12(14)8-15-11-2-1-3-11/h4-7,11H,1-3,8H2. The van der Waals surface area contributed by atoms with Gasteiger partial charge in [0.2, 0.25) is 0 Å². The number of halogens is 1. The third-order valence-electron chi connectivity index (χ3n) is 2.67. The number of hydrogen-bond acceptors (Lipinski definition) is 2. The first-order valence-electron chi connectivity index (χ1n) is 5.16. The van der Waals surface area contributed by atoms with E-state index in [0.717, 1.165) is 12.8 Å². The number of ether oxygens (including phenoxy) is 1. The van der Waals surface area contributed by atoms with Gasteiger partial charge in [0.25, 0.3) is 0 Å². The van der Waals surface area contributed by atoms with Gasteiger partial charge in [-0.05, 0) is 43.5 Å². The molecule has 0 aromatic heterocycles. The molecule has 1 aliphatic carbocycles. The third kappa shape index (κ3) is 2.80. The van der Waals surface area contributed by atoms with Crippen molar-refractivity contribution < 1.29 is 9.53 Å². The monoisotopic (exact) mass is 224 g/mol. The number of carbonyl (C=O) groups is 1. The summed E-state index contributed by atoms with van der Waals surface area (Å²) in [5.74, 6) is 0.0265. The first-order valence-corrected chi connectivity index (χ1v) is 5.54. The summed E-state index contributed by atoms with van der Waals surface area (Å²) in [4.78, 5) is 11.6. The van der Waals surface area contributed by atoms with Crippen LogP contribution in [-0.4, -0.2) is 18.5 Å². The molecular weight excluding hydrogens is 212 g/mol. The molecule has 1 aromatic carbocycles. The van der Waals surface area contributed by atoms with E-state index >= 15 is 0 Å². The van der Waals surface area contributed by atoms with Gasteiger partial charge in [-0.2, -0.15) is 0 Å². The van der Waals surface area contributed by atoms with E-state index in [4.69, 9.17) is 16.3 Å². The Morgan fingerprint density at radius 2 is 2.00 bits per heavy atom. The lowest BCUT2D eigenvalue weighted by atomic mass is 9.96. The van der Waals surface area contributed by atoms with Crippen LogP contribution in [0.25, 0.3) is 0 Å². The van der Waals surface area contributed by atoms with Crippen molar-refractivity contribution >= 4 is 17.4 Å². The highest BCUT2D eigenvalue weighted by molar-refractivity contribution is 6.30. The summed E-state index contributed by atoms with van der Waals surface area (Å²) in [7, 11) is 0. The Morgan fingerprint density at radius 3 is 2.53 bits per heavy atom. The molecule has 0 bridgehead atoms. The summed E-state index contributed by atoms with van der Waals surface area (Å²) < 4.78 is 5.44. The van der Waals surface area contributed by atoms with Crippen LogP contribution in [0.1, 0.15) is 29.6 Å². The molecule has 0 N–H and O–H groups in total. The lowest BCUT2D eigenvalue weighted by Crippen LogP contribution is -2.24. The third-order valence-corrected chi connectivity index (χ3v) is 2.92. The van der Waals surface area contributed by atoms with Gasteiger partial charge in [-0.1, -0.05) is 11.6 Å². The number of hydrogen-bond donors (Lipinski definition) is 0. The molecule has 2 nitrogen and oxygen atoms in total. The van der Waals surface area contributed by atoms with Crippen molar-refractivity contribution in [3.63, 3.8) is 0 Å². The van der Waals surface area contributed by atoms with Crippen LogP contribution in [0.4, 0.5) is 0 Å². The molecule has 80 valence electrons. The van der Waals surface area contributed by atoms with Crippen LogP contribution < -0.4 is 0 Å². The van der Waals surface area contributed by atoms with Crippen molar-refractivity contribution in [1.29, 1.82) is 0 Å². The Labute approximate surface area is 94.2 Å². The van der Waals surface area contributed by atoms with E-state index < -0.39 is 0 Å². The largest absolute Gasteiger partial charge is 0.370 e. The van der Waals surface area contributed by atoms with Crippen molar-refractivity contribution in [2.75, 3.05) is 6.61 Å². The molecule has 0 radical (unpaired) electrons. The smallest absolute Gasteiger partial charge is 0.188 e. The fourth-order valence-electron chi connectivity index (χ4n) is 1.45. The van der Waals surface area contributed by atoms with Gasteiger partial charge in [0.15, 0.2) is 5.78 Å². The van der Waals surface area contributed by atoms with E-state index in [1.165, 1.54) is 6.42 Å². The molecule has 1 fully saturated rings. The van der Waals surface area contributed by atoms with Crippen molar-refractivity contribution in [1.82, 2.24) is 0 Å². The maximum Gasteiger partial charge on any atom is 0.188 e. The van der Waals surface area contributed by atoms with Crippen molar-refractivity contribution in [2.45, 2.75) is 25.4 Å². The Balaban J connectivity index is 1.86. The average Bonchev–Trinajstić information content (AvgIpc) is 2.16. The van der Waals surface area contributed by atoms with Crippen LogP contribution in [0.5, 0.6) is 0 Å². The van der Waals surface area contributed by atoms with Gasteiger partial charge in [-0.15, -0.1) is 0 Å². The number of benzene rings is 1. The maximum atomic E-state index is 11.6. The number of ketones is 1. The van der Waals surface area contributed by atoms with Crippen LogP contribution in [0.15, 0.2) is 24.3 Å². The molecule has 3 heteroatoms. The van der Waals surface area contributed by atoms with E-state index in [1.54, 1.807) is 24.3 Å². The molecule has 15 heavy (non-hydrogen) atoms. The van der Waals surface area contributed by atoms with E-state index in [-0.39, 0.29) is 12.4 Å². The van der Waals surface area contributed by atoms with Crippen LogP contribution in [0.3, 0.4) is 0 Å². The van der Waals surface area contributed by atoms with Crippen LogP contribution >= 0.6 is 11.6 Å². The Bertz CT molecular complexity index is 341. The molecule has 0 atom stereocenters. The molecule has 0 aliphatic heterocycles. The molecule has 1 saturated carbocycles. The van der Waals surface area contributed by atoms with Gasteiger partial charge in [-0.3, -0.25) is 4.79 Å². The minimum Gasteiger partial charge on any atom is -0.370 e. The van der Waals surface area contributed by atoms with Crippen molar-refractivity contribution in [3.05, 3.63) is 34.9 Å². The fraction of sp³-hybridized carbons (Fsp3) is 0.417. The summed E-state index contributed by atoms with van der Waals surface area (Å²) in [6, 6.07) is 6.90. The Hall–Kier alpha value is -0.860. The van der Waals surface area contributed by atoms with Crippen LogP contribution in [-0.2, 0) is 4.74 Å². The lowest BCUT2D eigenvalue weighted by molar-refractivity contribution is 0.00731.